The van der Waals surface area contributed by atoms with Crippen LogP contribution in [-0.4, -0.2) is 35.5 Å². The van der Waals surface area contributed by atoms with Gasteiger partial charge in [0.05, 0.1) is 22.1 Å². The van der Waals surface area contributed by atoms with Crippen LogP contribution in [0.25, 0.3) is 0 Å². The third-order valence-corrected chi connectivity index (χ3v) is 11.4. The fourth-order valence-corrected chi connectivity index (χ4v) is 7.40. The summed E-state index contributed by atoms with van der Waals surface area (Å²) >= 11 is 0. The van der Waals surface area contributed by atoms with Crippen molar-refractivity contribution in [2.75, 3.05) is 0 Å². The quantitative estimate of drug-likeness (QED) is 0.199. The Labute approximate surface area is 256 Å². The first-order valence-corrected chi connectivity index (χ1v) is 16.7. The molecule has 3 aromatic carbocycles. The largest absolute Gasteiger partial charge is 0.483 e. The van der Waals surface area contributed by atoms with Crippen LogP contribution < -0.4 is 4.74 Å². The van der Waals surface area contributed by atoms with E-state index in [1.165, 1.54) is 17.7 Å². The van der Waals surface area contributed by atoms with Crippen LogP contribution in [0, 0.1) is 0 Å². The van der Waals surface area contributed by atoms with Gasteiger partial charge in [-0.15, -0.1) is 0 Å². The first-order chi connectivity index (χ1) is 19.6. The zero-order chi connectivity index (χ0) is 32.2. The summed E-state index contributed by atoms with van der Waals surface area (Å²) in [5.41, 5.74) is 1.08. The zero-order valence-corrected chi connectivity index (χ0v) is 27.7. The van der Waals surface area contributed by atoms with E-state index < -0.39 is 49.4 Å². The molecule has 6 nitrogen and oxygen atoms in total. The average Bonchev–Trinajstić information content (AvgIpc) is 3.06. The summed E-state index contributed by atoms with van der Waals surface area (Å²) in [6.45, 7) is 17.4. The summed E-state index contributed by atoms with van der Waals surface area (Å²) in [7, 11) is -6.21. The van der Waals surface area contributed by atoms with Gasteiger partial charge in [0, 0.05) is 5.56 Å². The fourth-order valence-electron chi connectivity index (χ4n) is 4.89. The van der Waals surface area contributed by atoms with E-state index in [9.17, 15) is 17.2 Å². The second-order valence-electron chi connectivity index (χ2n) is 13.0. The molecule has 4 rings (SSSR count). The van der Waals surface area contributed by atoms with Crippen molar-refractivity contribution in [2.24, 2.45) is 0 Å². The average molecular weight is 636 g/mol. The molecule has 0 radical (unpaired) electrons. The van der Waals surface area contributed by atoms with Gasteiger partial charge in [0.2, 0.25) is 0 Å². The Hall–Kier alpha value is -2.50. The first kappa shape index (κ1) is 33.4. The Morgan fingerprint density at radius 3 is 1.56 bits per heavy atom. The van der Waals surface area contributed by atoms with Crippen molar-refractivity contribution in [1.29, 1.82) is 0 Å². The summed E-state index contributed by atoms with van der Waals surface area (Å²) in [5, 5.41) is -4.46. The molecule has 0 aromatic heterocycles. The summed E-state index contributed by atoms with van der Waals surface area (Å²) in [6.07, 6.45) is -2.10. The Morgan fingerprint density at radius 1 is 0.767 bits per heavy atom. The molecule has 1 heterocycles. The van der Waals surface area contributed by atoms with Crippen LogP contribution in [0.3, 0.4) is 0 Å². The second kappa shape index (κ2) is 11.1. The zero-order valence-electron chi connectivity index (χ0n) is 26.1. The SMILES string of the molecule is CC(Oc1ccc([S+](c2ccc(C(C)(C)C)cc2)c2ccc(C3(C)OC(C)(C)C(C)(C)O3)cc2)cc1)C(F)(F)S(=O)(=O)O. The Balaban J connectivity index is 1.70. The van der Waals surface area contributed by atoms with Crippen LogP contribution in [0.4, 0.5) is 8.78 Å². The molecule has 2 unspecified atom stereocenters. The lowest BCUT2D eigenvalue weighted by molar-refractivity contribution is -0.186. The van der Waals surface area contributed by atoms with E-state index in [0.717, 1.165) is 27.2 Å². The first-order valence-electron chi connectivity index (χ1n) is 14.0. The van der Waals surface area contributed by atoms with Gasteiger partial charge in [-0.1, -0.05) is 32.9 Å². The summed E-state index contributed by atoms with van der Waals surface area (Å²) in [4.78, 5) is 2.98. The van der Waals surface area contributed by atoms with E-state index in [1.807, 2.05) is 58.9 Å². The van der Waals surface area contributed by atoms with Gasteiger partial charge in [-0.05, 0) is 113 Å². The number of hydrogen-bond acceptors (Lipinski definition) is 5. The number of benzene rings is 3. The summed E-state index contributed by atoms with van der Waals surface area (Å²) in [6, 6.07) is 23.1. The highest BCUT2D eigenvalue weighted by molar-refractivity contribution is 7.97. The Kier molecular flexibility index (Phi) is 8.65. The van der Waals surface area contributed by atoms with Gasteiger partial charge < -0.3 is 14.2 Å². The lowest BCUT2D eigenvalue weighted by Gasteiger charge is -2.30. The molecule has 0 amide bonds. The predicted octanol–water partition coefficient (Wildman–Crippen LogP) is 8.10. The van der Waals surface area contributed by atoms with Crippen LogP contribution in [0.2, 0.25) is 0 Å². The molecule has 1 fully saturated rings. The van der Waals surface area contributed by atoms with Crippen LogP contribution in [-0.2, 0) is 41.7 Å². The van der Waals surface area contributed by atoms with Crippen molar-refractivity contribution in [2.45, 2.75) is 111 Å². The van der Waals surface area contributed by atoms with E-state index in [0.29, 0.717) is 0 Å². The van der Waals surface area contributed by atoms with Crippen molar-refractivity contribution in [3.8, 4) is 5.75 Å². The highest BCUT2D eigenvalue weighted by atomic mass is 32.2. The van der Waals surface area contributed by atoms with Crippen LogP contribution in [0.15, 0.2) is 87.5 Å². The van der Waals surface area contributed by atoms with E-state index in [2.05, 4.69) is 45.0 Å². The molecule has 1 aliphatic heterocycles. The third-order valence-electron chi connectivity index (χ3n) is 8.11. The van der Waals surface area contributed by atoms with E-state index in [-0.39, 0.29) is 11.2 Å². The molecule has 0 aliphatic carbocycles. The highest BCUT2D eigenvalue weighted by Gasteiger charge is 2.55. The number of alkyl halides is 2. The van der Waals surface area contributed by atoms with E-state index >= 15 is 0 Å². The van der Waals surface area contributed by atoms with Gasteiger partial charge in [0.1, 0.15) is 5.75 Å². The molecule has 0 spiro atoms. The van der Waals surface area contributed by atoms with Crippen molar-refractivity contribution >= 4 is 21.0 Å². The third kappa shape index (κ3) is 6.63. The topological polar surface area (TPSA) is 82.1 Å². The molecule has 2 atom stereocenters. The minimum Gasteiger partial charge on any atom is -0.483 e. The van der Waals surface area contributed by atoms with Gasteiger partial charge in [0.15, 0.2) is 26.6 Å². The fraction of sp³-hybridized carbons (Fsp3) is 0.455. The van der Waals surface area contributed by atoms with E-state index in [4.69, 9.17) is 18.8 Å². The number of rotatable bonds is 8. The minimum absolute atomic E-state index is 0.0170. The van der Waals surface area contributed by atoms with Crippen molar-refractivity contribution < 1.29 is 36.0 Å². The number of halogens is 2. The molecule has 234 valence electrons. The molecule has 1 N–H and O–H groups in total. The maximum atomic E-state index is 14.1. The lowest BCUT2D eigenvalue weighted by Crippen LogP contribution is -2.42. The van der Waals surface area contributed by atoms with Crippen molar-refractivity contribution in [3.05, 3.63) is 83.9 Å². The van der Waals surface area contributed by atoms with Gasteiger partial charge in [-0.2, -0.15) is 17.2 Å². The van der Waals surface area contributed by atoms with Crippen LogP contribution in [0.1, 0.15) is 73.4 Å². The Morgan fingerprint density at radius 2 is 1.16 bits per heavy atom. The number of ether oxygens (including phenoxy) is 3. The molecule has 10 heteroatoms. The summed E-state index contributed by atoms with van der Waals surface area (Å²) < 4.78 is 77.3. The summed E-state index contributed by atoms with van der Waals surface area (Å²) in [5.74, 6) is -0.867. The smallest absolute Gasteiger partial charge is 0.405 e. The van der Waals surface area contributed by atoms with Gasteiger partial charge in [0.25, 0.3) is 0 Å². The molecule has 43 heavy (non-hydrogen) atoms. The van der Waals surface area contributed by atoms with Crippen molar-refractivity contribution in [3.63, 3.8) is 0 Å². The van der Waals surface area contributed by atoms with Crippen molar-refractivity contribution in [1.82, 2.24) is 0 Å². The highest BCUT2D eigenvalue weighted by Crippen LogP contribution is 2.49. The maximum Gasteiger partial charge on any atom is 0.405 e. The molecular formula is C33H41F2O6S2+. The molecule has 3 aromatic rings. The molecular weight excluding hydrogens is 594 g/mol. The predicted molar refractivity (Wildman–Crippen MR) is 164 cm³/mol. The van der Waals surface area contributed by atoms with Gasteiger partial charge in [-0.3, -0.25) is 4.55 Å². The molecule has 1 saturated heterocycles. The van der Waals surface area contributed by atoms with Crippen LogP contribution >= 0.6 is 0 Å². The second-order valence-corrected chi connectivity index (χ2v) is 16.6. The monoisotopic (exact) mass is 635 g/mol. The normalized spacial score (nSPS) is 19.5. The Bertz CT molecular complexity index is 1530. The standard InChI is InChI=1S/C33H40F2O6S2/c1-22(33(34,35)43(36,37)38)39-25-14-20-28(21-15-25)42(26-16-10-23(11-17-26)29(2,3)4)27-18-12-24(13-19-27)32(9)40-30(5,6)31(7,8)41-32/h10-22H,1-9H3/p+1. The maximum absolute atomic E-state index is 14.1. The van der Waals surface area contributed by atoms with Gasteiger partial charge in [-0.25, -0.2) is 0 Å². The molecule has 0 saturated carbocycles. The number of hydrogen-bond donors (Lipinski definition) is 1. The minimum atomic E-state index is -5.63. The van der Waals surface area contributed by atoms with Gasteiger partial charge >= 0.3 is 15.4 Å². The molecule has 1 aliphatic rings. The van der Waals surface area contributed by atoms with E-state index in [1.54, 1.807) is 12.1 Å². The van der Waals surface area contributed by atoms with Crippen LogP contribution in [0.5, 0.6) is 5.75 Å². The molecule has 0 bridgehead atoms. The lowest BCUT2D eigenvalue weighted by atomic mass is 9.87.